The van der Waals surface area contributed by atoms with Crippen LogP contribution in [-0.2, 0) is 11.2 Å². The Kier molecular flexibility index (Phi) is 3.96. The van der Waals surface area contributed by atoms with Gasteiger partial charge in [0.05, 0.1) is 6.10 Å². The molecule has 0 aromatic carbocycles. The van der Waals surface area contributed by atoms with Crippen LogP contribution in [0.25, 0.3) is 0 Å². The minimum absolute atomic E-state index is 0.207. The lowest BCUT2D eigenvalue weighted by Gasteiger charge is -2.29. The summed E-state index contributed by atoms with van der Waals surface area (Å²) in [7, 11) is 0. The first-order chi connectivity index (χ1) is 7.75. The Morgan fingerprint density at radius 1 is 1.50 bits per heavy atom. The Balaban J connectivity index is 1.75. The number of rotatable bonds is 3. The molecule has 1 aliphatic heterocycles. The van der Waals surface area contributed by atoms with Gasteiger partial charge in [-0.1, -0.05) is 0 Å². The number of piperidine rings is 1. The van der Waals surface area contributed by atoms with Crippen LogP contribution < -0.4 is 0 Å². The number of aliphatic hydroxyl groups excluding tert-OH is 1. The zero-order valence-corrected chi connectivity index (χ0v) is 10.1. The molecule has 0 unspecified atom stereocenters. The zero-order chi connectivity index (χ0) is 11.4. The summed E-state index contributed by atoms with van der Waals surface area (Å²) in [6, 6.07) is 2.07. The van der Waals surface area contributed by atoms with Crippen molar-refractivity contribution in [3.63, 3.8) is 0 Å². The molecule has 0 spiro atoms. The van der Waals surface area contributed by atoms with Crippen LogP contribution in [-0.4, -0.2) is 35.1 Å². The molecule has 0 radical (unpaired) electrons. The van der Waals surface area contributed by atoms with Crippen molar-refractivity contribution in [1.29, 1.82) is 0 Å². The standard InChI is InChI=1S/C12H17NO2S/c14-11-3-6-13(7-4-11)12(15)2-1-10-5-8-16-9-10/h5,8-9,11,14H,1-4,6-7H2. The second-order valence-electron chi connectivity index (χ2n) is 4.24. The van der Waals surface area contributed by atoms with Crippen LogP contribution in [0.3, 0.4) is 0 Å². The SMILES string of the molecule is O=C(CCc1ccsc1)N1CCC(O)CC1. The van der Waals surface area contributed by atoms with Gasteiger partial charge in [0.2, 0.25) is 5.91 Å². The molecule has 1 aromatic rings. The monoisotopic (exact) mass is 239 g/mol. The van der Waals surface area contributed by atoms with E-state index >= 15 is 0 Å². The maximum absolute atomic E-state index is 11.8. The molecule has 0 aliphatic carbocycles. The lowest BCUT2D eigenvalue weighted by Crippen LogP contribution is -2.40. The van der Waals surface area contributed by atoms with E-state index in [0.29, 0.717) is 19.5 Å². The molecular weight excluding hydrogens is 222 g/mol. The van der Waals surface area contributed by atoms with Crippen LogP contribution in [0.1, 0.15) is 24.8 Å². The maximum atomic E-state index is 11.8. The van der Waals surface area contributed by atoms with Gasteiger partial charge in [0.25, 0.3) is 0 Å². The largest absolute Gasteiger partial charge is 0.393 e. The van der Waals surface area contributed by atoms with E-state index in [-0.39, 0.29) is 12.0 Å². The van der Waals surface area contributed by atoms with E-state index in [1.165, 1.54) is 5.56 Å². The molecule has 16 heavy (non-hydrogen) atoms. The fourth-order valence-electron chi connectivity index (χ4n) is 1.96. The van der Waals surface area contributed by atoms with Gasteiger partial charge in [0, 0.05) is 19.5 Å². The van der Waals surface area contributed by atoms with Gasteiger partial charge >= 0.3 is 0 Å². The molecule has 88 valence electrons. The van der Waals surface area contributed by atoms with Gasteiger partial charge in [-0.3, -0.25) is 4.79 Å². The Morgan fingerprint density at radius 3 is 2.88 bits per heavy atom. The maximum Gasteiger partial charge on any atom is 0.222 e. The van der Waals surface area contributed by atoms with E-state index < -0.39 is 0 Å². The molecule has 1 saturated heterocycles. The highest BCUT2D eigenvalue weighted by Crippen LogP contribution is 2.13. The van der Waals surface area contributed by atoms with E-state index in [1.54, 1.807) is 11.3 Å². The number of carbonyl (C=O) groups is 1. The first-order valence-corrected chi connectivity index (χ1v) is 6.67. The zero-order valence-electron chi connectivity index (χ0n) is 9.26. The van der Waals surface area contributed by atoms with Crippen LogP contribution in [0.15, 0.2) is 16.8 Å². The minimum Gasteiger partial charge on any atom is -0.393 e. The van der Waals surface area contributed by atoms with Gasteiger partial charge in [0.1, 0.15) is 0 Å². The summed E-state index contributed by atoms with van der Waals surface area (Å²) in [5.41, 5.74) is 1.25. The van der Waals surface area contributed by atoms with Crippen LogP contribution >= 0.6 is 11.3 Å². The molecule has 1 fully saturated rings. The van der Waals surface area contributed by atoms with Crippen molar-refractivity contribution < 1.29 is 9.90 Å². The Bertz CT molecular complexity index is 329. The van der Waals surface area contributed by atoms with Gasteiger partial charge in [-0.2, -0.15) is 11.3 Å². The van der Waals surface area contributed by atoms with Gasteiger partial charge in [0.15, 0.2) is 0 Å². The summed E-state index contributed by atoms with van der Waals surface area (Å²) in [6.45, 7) is 1.42. The number of hydrogen-bond acceptors (Lipinski definition) is 3. The van der Waals surface area contributed by atoms with Crippen molar-refractivity contribution in [3.8, 4) is 0 Å². The minimum atomic E-state index is -0.207. The number of carbonyl (C=O) groups excluding carboxylic acids is 1. The smallest absolute Gasteiger partial charge is 0.222 e. The number of nitrogens with zero attached hydrogens (tertiary/aromatic N) is 1. The summed E-state index contributed by atoms with van der Waals surface area (Å²) in [5.74, 6) is 0.220. The van der Waals surface area contributed by atoms with E-state index in [1.807, 2.05) is 10.3 Å². The molecule has 2 rings (SSSR count). The van der Waals surface area contributed by atoms with Gasteiger partial charge in [-0.25, -0.2) is 0 Å². The summed E-state index contributed by atoms with van der Waals surface area (Å²) >= 11 is 1.67. The topological polar surface area (TPSA) is 40.5 Å². The predicted molar refractivity (Wildman–Crippen MR) is 64.5 cm³/mol. The van der Waals surface area contributed by atoms with Crippen LogP contribution in [0, 0.1) is 0 Å². The number of amides is 1. The lowest BCUT2D eigenvalue weighted by atomic mass is 10.1. The quantitative estimate of drug-likeness (QED) is 0.871. The molecule has 0 atom stereocenters. The van der Waals surface area contributed by atoms with Gasteiger partial charge < -0.3 is 10.0 Å². The third-order valence-corrected chi connectivity index (χ3v) is 3.76. The molecule has 1 aliphatic rings. The highest BCUT2D eigenvalue weighted by atomic mass is 32.1. The molecule has 1 amide bonds. The van der Waals surface area contributed by atoms with Crippen molar-refractivity contribution in [1.82, 2.24) is 4.90 Å². The molecule has 1 aromatic heterocycles. The second-order valence-corrected chi connectivity index (χ2v) is 5.02. The Morgan fingerprint density at radius 2 is 2.25 bits per heavy atom. The van der Waals surface area contributed by atoms with Crippen molar-refractivity contribution in [3.05, 3.63) is 22.4 Å². The fourth-order valence-corrected chi connectivity index (χ4v) is 2.66. The summed E-state index contributed by atoms with van der Waals surface area (Å²) < 4.78 is 0. The summed E-state index contributed by atoms with van der Waals surface area (Å²) in [6.07, 6.45) is 2.67. The number of hydrogen-bond donors (Lipinski definition) is 1. The summed E-state index contributed by atoms with van der Waals surface area (Å²) in [5, 5.41) is 13.5. The Hall–Kier alpha value is -0.870. The second kappa shape index (κ2) is 5.46. The Labute approximate surface area is 99.7 Å². The first-order valence-electron chi connectivity index (χ1n) is 5.72. The number of likely N-dealkylation sites (tertiary alicyclic amines) is 1. The predicted octanol–water partition coefficient (Wildman–Crippen LogP) is 1.66. The summed E-state index contributed by atoms with van der Waals surface area (Å²) in [4.78, 5) is 13.7. The third kappa shape index (κ3) is 3.06. The van der Waals surface area contributed by atoms with E-state index in [9.17, 15) is 9.90 Å². The van der Waals surface area contributed by atoms with Gasteiger partial charge in [-0.15, -0.1) is 0 Å². The third-order valence-electron chi connectivity index (χ3n) is 3.02. The average molecular weight is 239 g/mol. The molecule has 0 saturated carbocycles. The van der Waals surface area contributed by atoms with E-state index in [0.717, 1.165) is 19.3 Å². The van der Waals surface area contributed by atoms with E-state index in [4.69, 9.17) is 0 Å². The van der Waals surface area contributed by atoms with Crippen molar-refractivity contribution in [2.45, 2.75) is 31.8 Å². The molecule has 2 heterocycles. The first kappa shape index (κ1) is 11.6. The number of thiophene rings is 1. The average Bonchev–Trinajstić information content (AvgIpc) is 2.80. The van der Waals surface area contributed by atoms with Crippen LogP contribution in [0.2, 0.25) is 0 Å². The lowest BCUT2D eigenvalue weighted by molar-refractivity contribution is -0.133. The highest BCUT2D eigenvalue weighted by molar-refractivity contribution is 7.07. The van der Waals surface area contributed by atoms with Crippen molar-refractivity contribution in [2.24, 2.45) is 0 Å². The molecule has 1 N–H and O–H groups in total. The number of aliphatic hydroxyl groups is 1. The highest BCUT2D eigenvalue weighted by Gasteiger charge is 2.20. The normalized spacial score (nSPS) is 17.7. The molecular formula is C12H17NO2S. The van der Waals surface area contributed by atoms with Crippen LogP contribution in [0.4, 0.5) is 0 Å². The number of aryl methyl sites for hydroxylation is 1. The molecule has 0 bridgehead atoms. The van der Waals surface area contributed by atoms with Gasteiger partial charge in [-0.05, 0) is 41.7 Å². The van der Waals surface area contributed by atoms with Crippen molar-refractivity contribution >= 4 is 17.2 Å². The molecule has 4 heteroatoms. The van der Waals surface area contributed by atoms with Crippen LogP contribution in [0.5, 0.6) is 0 Å². The molecule has 3 nitrogen and oxygen atoms in total. The fraction of sp³-hybridized carbons (Fsp3) is 0.583. The van der Waals surface area contributed by atoms with E-state index in [2.05, 4.69) is 11.4 Å². The van der Waals surface area contributed by atoms with Crippen molar-refractivity contribution in [2.75, 3.05) is 13.1 Å².